The molecule has 2 aromatic rings. The molecule has 0 unspecified atom stereocenters. The molecule has 1 N–H and O–H groups in total. The highest BCUT2D eigenvalue weighted by Gasteiger charge is 2.24. The molecule has 1 saturated carbocycles. The molecule has 0 amide bonds. The van der Waals surface area contributed by atoms with Crippen LogP contribution in [0, 0.1) is 6.92 Å². The summed E-state index contributed by atoms with van der Waals surface area (Å²) in [4.78, 5) is 7.91. The summed E-state index contributed by atoms with van der Waals surface area (Å²) in [7, 11) is 0. The van der Waals surface area contributed by atoms with Crippen LogP contribution in [0.3, 0.4) is 0 Å². The normalized spacial score (nSPS) is 16.7. The number of hydrogen-bond donors (Lipinski definition) is 1. The van der Waals surface area contributed by atoms with E-state index < -0.39 is 0 Å². The van der Waals surface area contributed by atoms with Gasteiger partial charge in [0, 0.05) is 17.3 Å². The van der Waals surface area contributed by atoms with Crippen molar-refractivity contribution >= 4 is 11.0 Å². The topological polar surface area (TPSA) is 28.7 Å². The summed E-state index contributed by atoms with van der Waals surface area (Å²) in [5.41, 5.74) is 4.73. The first-order chi connectivity index (χ1) is 6.33. The maximum atomic E-state index is 4.63. The van der Waals surface area contributed by atoms with Gasteiger partial charge in [-0.2, -0.15) is 0 Å². The van der Waals surface area contributed by atoms with Crippen molar-refractivity contribution in [2.75, 3.05) is 0 Å². The largest absolute Gasteiger partial charge is 0.357 e. The molecule has 1 aliphatic rings. The van der Waals surface area contributed by atoms with Crippen molar-refractivity contribution in [1.29, 1.82) is 0 Å². The molecule has 0 radical (unpaired) electrons. The van der Waals surface area contributed by atoms with Crippen LogP contribution in [0.1, 0.15) is 30.1 Å². The van der Waals surface area contributed by atoms with Crippen LogP contribution in [0.2, 0.25) is 0 Å². The average Bonchev–Trinajstić information content (AvgIpc) is 2.87. The summed E-state index contributed by atoms with van der Waals surface area (Å²) in [6.07, 6.45) is 2.64. The minimum atomic E-state index is 0.750. The molecule has 66 valence electrons. The van der Waals surface area contributed by atoms with Crippen LogP contribution in [0.5, 0.6) is 0 Å². The van der Waals surface area contributed by atoms with Gasteiger partial charge in [-0.05, 0) is 38.0 Å². The van der Waals surface area contributed by atoms with Crippen LogP contribution in [0.15, 0.2) is 18.2 Å². The lowest BCUT2D eigenvalue weighted by Crippen LogP contribution is -1.84. The third kappa shape index (κ3) is 1.13. The smallest absolute Gasteiger partial charge is 0.0884 e. The first-order valence-corrected chi connectivity index (χ1v) is 4.79. The van der Waals surface area contributed by atoms with E-state index in [2.05, 4.69) is 35.1 Å². The van der Waals surface area contributed by atoms with Gasteiger partial charge in [-0.3, -0.25) is 4.98 Å². The molecule has 0 aromatic carbocycles. The molecule has 2 heteroatoms. The van der Waals surface area contributed by atoms with E-state index in [-0.39, 0.29) is 0 Å². The van der Waals surface area contributed by atoms with Crippen molar-refractivity contribution in [3.63, 3.8) is 0 Å². The lowest BCUT2D eigenvalue weighted by molar-refractivity contribution is 1.04. The summed E-state index contributed by atoms with van der Waals surface area (Å²) >= 11 is 0. The van der Waals surface area contributed by atoms with Crippen molar-refractivity contribution in [1.82, 2.24) is 9.97 Å². The molecule has 0 saturated heterocycles. The predicted molar refractivity (Wildman–Crippen MR) is 52.8 cm³/mol. The van der Waals surface area contributed by atoms with Crippen molar-refractivity contribution in [3.8, 4) is 0 Å². The predicted octanol–water partition coefficient (Wildman–Crippen LogP) is 2.75. The monoisotopic (exact) mass is 172 g/mol. The van der Waals surface area contributed by atoms with Crippen LogP contribution in [0.25, 0.3) is 11.0 Å². The summed E-state index contributed by atoms with van der Waals surface area (Å²) in [5.74, 6) is 0.750. The quantitative estimate of drug-likeness (QED) is 0.704. The van der Waals surface area contributed by atoms with E-state index in [1.54, 1.807) is 0 Å². The summed E-state index contributed by atoms with van der Waals surface area (Å²) in [5, 5.41) is 0. The van der Waals surface area contributed by atoms with Crippen LogP contribution < -0.4 is 0 Å². The number of aromatic amines is 1. The van der Waals surface area contributed by atoms with Gasteiger partial charge in [-0.1, -0.05) is 0 Å². The SMILES string of the molecule is Cc1cc2nc(C3CC3)ccc2[nH]1. The van der Waals surface area contributed by atoms with Crippen molar-refractivity contribution in [2.45, 2.75) is 25.7 Å². The van der Waals surface area contributed by atoms with Gasteiger partial charge in [0.25, 0.3) is 0 Å². The standard InChI is InChI=1S/C11H12N2/c1-7-6-11-10(12-7)5-4-9(13-11)8-2-3-8/h4-6,8,12H,2-3H2,1H3. The highest BCUT2D eigenvalue weighted by molar-refractivity contribution is 5.76. The van der Waals surface area contributed by atoms with Gasteiger partial charge in [0.05, 0.1) is 11.0 Å². The van der Waals surface area contributed by atoms with E-state index in [1.165, 1.54) is 24.2 Å². The number of fused-ring (bicyclic) bond motifs is 1. The zero-order chi connectivity index (χ0) is 8.84. The molecular formula is C11H12N2. The van der Waals surface area contributed by atoms with Crippen LogP contribution in [-0.2, 0) is 0 Å². The third-order valence-corrected chi connectivity index (χ3v) is 2.63. The Morgan fingerprint density at radius 2 is 2.23 bits per heavy atom. The molecule has 13 heavy (non-hydrogen) atoms. The van der Waals surface area contributed by atoms with Crippen LogP contribution in [0.4, 0.5) is 0 Å². The minimum absolute atomic E-state index is 0.750. The van der Waals surface area contributed by atoms with Crippen molar-refractivity contribution in [3.05, 3.63) is 29.6 Å². The lowest BCUT2D eigenvalue weighted by atomic mass is 10.2. The van der Waals surface area contributed by atoms with Gasteiger partial charge in [-0.15, -0.1) is 0 Å². The van der Waals surface area contributed by atoms with Gasteiger partial charge >= 0.3 is 0 Å². The van der Waals surface area contributed by atoms with Gasteiger partial charge in [0.1, 0.15) is 0 Å². The van der Waals surface area contributed by atoms with Crippen molar-refractivity contribution < 1.29 is 0 Å². The van der Waals surface area contributed by atoms with Gasteiger partial charge in [-0.25, -0.2) is 0 Å². The molecule has 3 rings (SSSR count). The number of H-pyrrole nitrogens is 1. The second kappa shape index (κ2) is 2.34. The number of rotatable bonds is 1. The Hall–Kier alpha value is -1.31. The zero-order valence-electron chi connectivity index (χ0n) is 7.67. The van der Waals surface area contributed by atoms with E-state index in [1.807, 2.05) is 0 Å². The Labute approximate surface area is 77.0 Å². The van der Waals surface area contributed by atoms with E-state index >= 15 is 0 Å². The Morgan fingerprint density at radius 1 is 1.38 bits per heavy atom. The van der Waals surface area contributed by atoms with Crippen LogP contribution in [-0.4, -0.2) is 9.97 Å². The molecule has 1 fully saturated rings. The lowest BCUT2D eigenvalue weighted by Gasteiger charge is -1.95. The zero-order valence-corrected chi connectivity index (χ0v) is 7.67. The van der Waals surface area contributed by atoms with E-state index in [9.17, 15) is 0 Å². The summed E-state index contributed by atoms with van der Waals surface area (Å²) < 4.78 is 0. The molecule has 0 atom stereocenters. The number of aryl methyl sites for hydroxylation is 1. The van der Waals surface area contributed by atoms with Crippen molar-refractivity contribution in [2.24, 2.45) is 0 Å². The van der Waals surface area contributed by atoms with E-state index in [0.29, 0.717) is 0 Å². The van der Waals surface area contributed by atoms with E-state index in [0.717, 1.165) is 17.0 Å². The molecule has 1 aliphatic carbocycles. The molecular weight excluding hydrogens is 160 g/mol. The van der Waals surface area contributed by atoms with E-state index in [4.69, 9.17) is 0 Å². The van der Waals surface area contributed by atoms with Gasteiger partial charge in [0.15, 0.2) is 0 Å². The molecule has 0 bridgehead atoms. The number of pyridine rings is 1. The molecule has 0 spiro atoms. The Bertz CT molecular complexity index is 452. The Balaban J connectivity index is 2.20. The highest BCUT2D eigenvalue weighted by atomic mass is 14.8. The maximum Gasteiger partial charge on any atom is 0.0884 e. The second-order valence-corrected chi connectivity index (χ2v) is 3.90. The highest BCUT2D eigenvalue weighted by Crippen LogP contribution is 2.39. The fraction of sp³-hybridized carbons (Fsp3) is 0.364. The maximum absolute atomic E-state index is 4.63. The van der Waals surface area contributed by atoms with Gasteiger partial charge < -0.3 is 4.98 Å². The molecule has 2 nitrogen and oxygen atoms in total. The third-order valence-electron chi connectivity index (χ3n) is 2.63. The first-order valence-electron chi connectivity index (χ1n) is 4.79. The minimum Gasteiger partial charge on any atom is -0.357 e. The number of hydrogen-bond acceptors (Lipinski definition) is 1. The summed E-state index contributed by atoms with van der Waals surface area (Å²) in [6.45, 7) is 2.07. The molecule has 2 heterocycles. The summed E-state index contributed by atoms with van der Waals surface area (Å²) in [6, 6.07) is 6.40. The molecule has 2 aromatic heterocycles. The van der Waals surface area contributed by atoms with Crippen LogP contribution >= 0.6 is 0 Å². The number of aromatic nitrogens is 2. The average molecular weight is 172 g/mol. The Morgan fingerprint density at radius 3 is 3.00 bits per heavy atom. The second-order valence-electron chi connectivity index (χ2n) is 3.90. The fourth-order valence-electron chi connectivity index (χ4n) is 1.77. The first kappa shape index (κ1) is 7.13. The fourth-order valence-corrected chi connectivity index (χ4v) is 1.77. The molecule has 0 aliphatic heterocycles. The number of nitrogens with zero attached hydrogens (tertiary/aromatic N) is 1. The Kier molecular flexibility index (Phi) is 1.29. The number of nitrogens with one attached hydrogen (secondary N) is 1. The van der Waals surface area contributed by atoms with Gasteiger partial charge in [0.2, 0.25) is 0 Å².